The molecule has 2 rings (SSSR count). The Balaban J connectivity index is 2.10. The van der Waals surface area contributed by atoms with Crippen molar-refractivity contribution in [2.45, 2.75) is 44.6 Å². The van der Waals surface area contributed by atoms with Gasteiger partial charge in [-0.05, 0) is 37.8 Å². The molecule has 3 heteroatoms. The molecular weight excluding hydrogens is 226 g/mol. The van der Waals surface area contributed by atoms with Crippen LogP contribution in [0.5, 0.6) is 11.5 Å². The molecule has 96 valence electrons. The molecule has 0 N–H and O–H groups in total. The van der Waals surface area contributed by atoms with Crippen LogP contribution in [0, 0.1) is 11.3 Å². The summed E-state index contributed by atoms with van der Waals surface area (Å²) in [4.78, 5) is 0. The van der Waals surface area contributed by atoms with Crippen LogP contribution in [-0.4, -0.2) is 13.2 Å². The molecule has 0 unspecified atom stereocenters. The molecule has 0 amide bonds. The van der Waals surface area contributed by atoms with Crippen LogP contribution in [0.3, 0.4) is 0 Å². The molecule has 18 heavy (non-hydrogen) atoms. The number of benzene rings is 1. The molecule has 1 fully saturated rings. The summed E-state index contributed by atoms with van der Waals surface area (Å²) >= 11 is 0. The maximum atomic E-state index is 8.86. The standard InChI is InChI=1S/C15H19NO2/c1-17-15-10-12(11-16)8-9-14(15)18-13-6-4-2-3-5-7-13/h8-10,13H,2-7H2,1H3. The number of ether oxygens (including phenoxy) is 2. The van der Waals surface area contributed by atoms with Gasteiger partial charge in [0.05, 0.1) is 24.8 Å². The molecule has 1 aromatic rings. The highest BCUT2D eigenvalue weighted by atomic mass is 16.5. The molecular formula is C15H19NO2. The molecule has 1 saturated carbocycles. The summed E-state index contributed by atoms with van der Waals surface area (Å²) in [5.41, 5.74) is 0.597. The second-order valence-corrected chi connectivity index (χ2v) is 4.71. The van der Waals surface area contributed by atoms with Crippen molar-refractivity contribution in [2.24, 2.45) is 0 Å². The number of methoxy groups -OCH3 is 1. The molecule has 0 saturated heterocycles. The first-order valence-electron chi connectivity index (χ1n) is 6.58. The van der Waals surface area contributed by atoms with Gasteiger partial charge in [0.1, 0.15) is 0 Å². The fourth-order valence-corrected chi connectivity index (χ4v) is 2.37. The Morgan fingerprint density at radius 3 is 2.44 bits per heavy atom. The fraction of sp³-hybridized carbons (Fsp3) is 0.533. The Bertz CT molecular complexity index is 429. The van der Waals surface area contributed by atoms with Crippen LogP contribution in [0.15, 0.2) is 18.2 Å². The van der Waals surface area contributed by atoms with E-state index in [4.69, 9.17) is 14.7 Å². The molecule has 0 radical (unpaired) electrons. The van der Waals surface area contributed by atoms with E-state index in [-0.39, 0.29) is 6.10 Å². The van der Waals surface area contributed by atoms with Crippen LogP contribution >= 0.6 is 0 Å². The minimum Gasteiger partial charge on any atom is -0.493 e. The highest BCUT2D eigenvalue weighted by Gasteiger charge is 2.16. The normalized spacial score (nSPS) is 16.7. The van der Waals surface area contributed by atoms with Crippen LogP contribution in [0.4, 0.5) is 0 Å². The number of hydrogen-bond donors (Lipinski definition) is 0. The van der Waals surface area contributed by atoms with Gasteiger partial charge in [-0.15, -0.1) is 0 Å². The SMILES string of the molecule is COc1cc(C#N)ccc1OC1CCCCCC1. The summed E-state index contributed by atoms with van der Waals surface area (Å²) in [6, 6.07) is 7.44. The van der Waals surface area contributed by atoms with E-state index in [0.717, 1.165) is 18.6 Å². The number of rotatable bonds is 3. The first-order valence-corrected chi connectivity index (χ1v) is 6.58. The predicted molar refractivity (Wildman–Crippen MR) is 69.8 cm³/mol. The fourth-order valence-electron chi connectivity index (χ4n) is 2.37. The number of nitriles is 1. The lowest BCUT2D eigenvalue weighted by Gasteiger charge is -2.18. The maximum Gasteiger partial charge on any atom is 0.162 e. The molecule has 0 aromatic heterocycles. The third kappa shape index (κ3) is 3.16. The molecule has 0 atom stereocenters. The lowest BCUT2D eigenvalue weighted by molar-refractivity contribution is 0.176. The summed E-state index contributed by atoms with van der Waals surface area (Å²) in [5, 5.41) is 8.86. The minimum atomic E-state index is 0.286. The average molecular weight is 245 g/mol. The predicted octanol–water partition coefficient (Wildman–Crippen LogP) is 3.67. The van der Waals surface area contributed by atoms with Crippen molar-refractivity contribution in [2.75, 3.05) is 7.11 Å². The molecule has 0 bridgehead atoms. The van der Waals surface area contributed by atoms with Crippen LogP contribution in [0.1, 0.15) is 44.1 Å². The number of hydrogen-bond acceptors (Lipinski definition) is 3. The van der Waals surface area contributed by atoms with Gasteiger partial charge in [-0.1, -0.05) is 12.8 Å². The van der Waals surface area contributed by atoms with E-state index in [0.29, 0.717) is 11.3 Å². The average Bonchev–Trinajstić information content (AvgIpc) is 2.68. The maximum absolute atomic E-state index is 8.86. The highest BCUT2D eigenvalue weighted by Crippen LogP contribution is 2.31. The zero-order chi connectivity index (χ0) is 12.8. The van der Waals surface area contributed by atoms with E-state index in [9.17, 15) is 0 Å². The molecule has 1 aromatic carbocycles. The smallest absolute Gasteiger partial charge is 0.162 e. The lowest BCUT2D eigenvalue weighted by Crippen LogP contribution is -2.15. The zero-order valence-electron chi connectivity index (χ0n) is 10.8. The van der Waals surface area contributed by atoms with E-state index in [1.807, 2.05) is 6.07 Å². The second-order valence-electron chi connectivity index (χ2n) is 4.71. The van der Waals surface area contributed by atoms with Gasteiger partial charge in [-0.2, -0.15) is 5.26 Å². The van der Waals surface area contributed by atoms with E-state index >= 15 is 0 Å². The van der Waals surface area contributed by atoms with Crippen molar-refractivity contribution in [3.8, 4) is 17.6 Å². The van der Waals surface area contributed by atoms with E-state index in [1.54, 1.807) is 19.2 Å². The quantitative estimate of drug-likeness (QED) is 0.763. The first-order chi connectivity index (χ1) is 8.83. The van der Waals surface area contributed by atoms with E-state index in [1.165, 1.54) is 25.7 Å². The Morgan fingerprint density at radius 2 is 1.83 bits per heavy atom. The molecule has 3 nitrogen and oxygen atoms in total. The van der Waals surface area contributed by atoms with Crippen molar-refractivity contribution in [3.05, 3.63) is 23.8 Å². The Hall–Kier alpha value is -1.69. The summed E-state index contributed by atoms with van der Waals surface area (Å²) in [7, 11) is 1.61. The van der Waals surface area contributed by atoms with Crippen LogP contribution in [0.2, 0.25) is 0 Å². The van der Waals surface area contributed by atoms with E-state index in [2.05, 4.69) is 6.07 Å². The Kier molecular flexibility index (Phi) is 4.46. The zero-order valence-corrected chi connectivity index (χ0v) is 10.8. The van der Waals surface area contributed by atoms with Gasteiger partial charge in [0.15, 0.2) is 11.5 Å². The van der Waals surface area contributed by atoms with Crippen molar-refractivity contribution in [3.63, 3.8) is 0 Å². The van der Waals surface area contributed by atoms with Gasteiger partial charge in [0, 0.05) is 6.07 Å². The Labute approximate surface area is 108 Å². The molecule has 0 aliphatic heterocycles. The van der Waals surface area contributed by atoms with Crippen molar-refractivity contribution >= 4 is 0 Å². The van der Waals surface area contributed by atoms with Gasteiger partial charge >= 0.3 is 0 Å². The van der Waals surface area contributed by atoms with Crippen LogP contribution in [-0.2, 0) is 0 Å². The van der Waals surface area contributed by atoms with E-state index < -0.39 is 0 Å². The third-order valence-corrected chi connectivity index (χ3v) is 3.39. The molecule has 0 spiro atoms. The minimum absolute atomic E-state index is 0.286. The lowest BCUT2D eigenvalue weighted by atomic mass is 10.1. The summed E-state index contributed by atoms with van der Waals surface area (Å²) in [6.07, 6.45) is 7.61. The summed E-state index contributed by atoms with van der Waals surface area (Å²) in [6.45, 7) is 0. The monoisotopic (exact) mass is 245 g/mol. The molecule has 1 aliphatic rings. The number of nitrogens with zero attached hydrogens (tertiary/aromatic N) is 1. The largest absolute Gasteiger partial charge is 0.493 e. The second kappa shape index (κ2) is 6.30. The van der Waals surface area contributed by atoms with Crippen molar-refractivity contribution in [1.29, 1.82) is 5.26 Å². The third-order valence-electron chi connectivity index (χ3n) is 3.39. The van der Waals surface area contributed by atoms with Gasteiger partial charge in [0.2, 0.25) is 0 Å². The Morgan fingerprint density at radius 1 is 1.11 bits per heavy atom. The molecule has 0 heterocycles. The summed E-state index contributed by atoms with van der Waals surface area (Å²) < 4.78 is 11.3. The van der Waals surface area contributed by atoms with Gasteiger partial charge in [0.25, 0.3) is 0 Å². The van der Waals surface area contributed by atoms with Crippen molar-refractivity contribution < 1.29 is 9.47 Å². The van der Waals surface area contributed by atoms with Crippen molar-refractivity contribution in [1.82, 2.24) is 0 Å². The van der Waals surface area contributed by atoms with Crippen LogP contribution in [0.25, 0.3) is 0 Å². The van der Waals surface area contributed by atoms with Gasteiger partial charge in [-0.25, -0.2) is 0 Å². The highest BCUT2D eigenvalue weighted by molar-refractivity contribution is 5.46. The van der Waals surface area contributed by atoms with Gasteiger partial charge < -0.3 is 9.47 Å². The first kappa shape index (κ1) is 12.8. The van der Waals surface area contributed by atoms with Gasteiger partial charge in [-0.3, -0.25) is 0 Å². The summed E-state index contributed by atoms with van der Waals surface area (Å²) in [5.74, 6) is 1.40. The molecule has 1 aliphatic carbocycles. The topological polar surface area (TPSA) is 42.2 Å². The van der Waals surface area contributed by atoms with Crippen LogP contribution < -0.4 is 9.47 Å².